The fourth-order valence-corrected chi connectivity index (χ4v) is 2.14. The van der Waals surface area contributed by atoms with Crippen molar-refractivity contribution < 1.29 is 0 Å². The molecule has 2 heteroatoms. The Bertz CT molecular complexity index is 478. The van der Waals surface area contributed by atoms with Crippen LogP contribution >= 0.6 is 0 Å². The number of aromatic nitrogens is 2. The van der Waals surface area contributed by atoms with Gasteiger partial charge in [-0.3, -0.25) is 5.10 Å². The van der Waals surface area contributed by atoms with Crippen molar-refractivity contribution in [3.05, 3.63) is 41.6 Å². The van der Waals surface area contributed by atoms with Gasteiger partial charge in [-0.25, -0.2) is 0 Å². The van der Waals surface area contributed by atoms with Crippen molar-refractivity contribution in [2.24, 2.45) is 0 Å². The molecule has 1 N–H and O–H groups in total. The normalized spacial score (nSPS) is 16.1. The summed E-state index contributed by atoms with van der Waals surface area (Å²) in [7, 11) is 0. The molecule has 0 spiro atoms. The van der Waals surface area contributed by atoms with E-state index in [0.29, 0.717) is 0 Å². The Labute approximate surface area is 95.7 Å². The van der Waals surface area contributed by atoms with E-state index in [9.17, 15) is 0 Å². The molecule has 0 radical (unpaired) electrons. The summed E-state index contributed by atoms with van der Waals surface area (Å²) in [5, 5.41) is 7.56. The van der Waals surface area contributed by atoms with E-state index >= 15 is 0 Å². The molecule has 1 saturated carbocycles. The predicted octanol–water partition coefficient (Wildman–Crippen LogP) is 3.65. The first-order chi connectivity index (χ1) is 7.83. The van der Waals surface area contributed by atoms with E-state index in [2.05, 4.69) is 47.5 Å². The minimum absolute atomic E-state index is 0.728. The fraction of sp³-hybridized carbons (Fsp3) is 0.357. The summed E-state index contributed by atoms with van der Waals surface area (Å²) in [4.78, 5) is 0. The largest absolute Gasteiger partial charge is 0.282 e. The van der Waals surface area contributed by atoms with Crippen LogP contribution in [0.3, 0.4) is 0 Å². The van der Waals surface area contributed by atoms with Crippen molar-refractivity contribution in [3.63, 3.8) is 0 Å². The first-order valence-electron chi connectivity index (χ1n) is 5.95. The number of benzene rings is 1. The first kappa shape index (κ1) is 9.64. The van der Waals surface area contributed by atoms with Crippen LogP contribution < -0.4 is 0 Å². The molecular formula is C14H16N2. The van der Waals surface area contributed by atoms with Crippen LogP contribution in [-0.2, 0) is 0 Å². The molecule has 1 heterocycles. The van der Waals surface area contributed by atoms with Crippen molar-refractivity contribution in [3.8, 4) is 11.3 Å². The lowest BCUT2D eigenvalue weighted by atomic mass is 9.83. The number of aromatic amines is 1. The molecule has 0 aliphatic heterocycles. The predicted molar refractivity (Wildman–Crippen MR) is 65.4 cm³/mol. The third-order valence-electron chi connectivity index (χ3n) is 3.49. The summed E-state index contributed by atoms with van der Waals surface area (Å²) in [6, 6.07) is 10.7. The summed E-state index contributed by atoms with van der Waals surface area (Å²) >= 11 is 0. The van der Waals surface area contributed by atoms with E-state index in [1.165, 1.54) is 36.1 Å². The standard InChI is InChI=1S/C14H16N2/c1-10-5-7-12(8-6-10)14-9-13(15-16-14)11-3-2-4-11/h5-9,11H,2-4H2,1H3,(H,15,16). The Morgan fingerprint density at radius 1 is 1.19 bits per heavy atom. The molecular weight excluding hydrogens is 196 g/mol. The lowest BCUT2D eigenvalue weighted by Crippen LogP contribution is -2.08. The van der Waals surface area contributed by atoms with E-state index in [4.69, 9.17) is 0 Å². The van der Waals surface area contributed by atoms with Crippen LogP contribution in [0.4, 0.5) is 0 Å². The van der Waals surface area contributed by atoms with E-state index in [-0.39, 0.29) is 0 Å². The van der Waals surface area contributed by atoms with Gasteiger partial charge < -0.3 is 0 Å². The van der Waals surface area contributed by atoms with Crippen LogP contribution in [-0.4, -0.2) is 10.2 Å². The molecule has 16 heavy (non-hydrogen) atoms. The summed E-state index contributed by atoms with van der Waals surface area (Å²) in [6.07, 6.45) is 3.99. The van der Waals surface area contributed by atoms with Crippen LogP contribution in [0.15, 0.2) is 30.3 Å². The molecule has 1 aliphatic carbocycles. The van der Waals surface area contributed by atoms with Gasteiger partial charge in [0.15, 0.2) is 0 Å². The molecule has 1 fully saturated rings. The highest BCUT2D eigenvalue weighted by molar-refractivity contribution is 5.59. The zero-order chi connectivity index (χ0) is 11.0. The molecule has 1 aromatic carbocycles. The topological polar surface area (TPSA) is 28.7 Å². The Hall–Kier alpha value is -1.57. The van der Waals surface area contributed by atoms with Crippen molar-refractivity contribution >= 4 is 0 Å². The highest BCUT2D eigenvalue weighted by Crippen LogP contribution is 2.36. The number of nitrogens with one attached hydrogen (secondary N) is 1. The molecule has 0 unspecified atom stereocenters. The Kier molecular flexibility index (Phi) is 2.28. The van der Waals surface area contributed by atoms with Gasteiger partial charge in [-0.2, -0.15) is 5.10 Å². The Balaban J connectivity index is 1.88. The number of hydrogen-bond donors (Lipinski definition) is 1. The SMILES string of the molecule is Cc1ccc(-c2cc(C3CCC3)[nH]n2)cc1. The van der Waals surface area contributed by atoms with Crippen LogP contribution in [0.5, 0.6) is 0 Å². The van der Waals surface area contributed by atoms with Crippen molar-refractivity contribution in [2.75, 3.05) is 0 Å². The minimum atomic E-state index is 0.728. The van der Waals surface area contributed by atoms with Gasteiger partial charge in [0.05, 0.1) is 5.69 Å². The average Bonchev–Trinajstić information content (AvgIpc) is 2.65. The Morgan fingerprint density at radius 2 is 1.94 bits per heavy atom. The summed E-state index contributed by atoms with van der Waals surface area (Å²) in [6.45, 7) is 2.11. The van der Waals surface area contributed by atoms with Crippen molar-refractivity contribution in [1.82, 2.24) is 10.2 Å². The summed E-state index contributed by atoms with van der Waals surface area (Å²) in [5.41, 5.74) is 4.87. The summed E-state index contributed by atoms with van der Waals surface area (Å²) in [5.74, 6) is 0.728. The lowest BCUT2D eigenvalue weighted by molar-refractivity contribution is 0.410. The second-order valence-corrected chi connectivity index (χ2v) is 4.70. The third-order valence-corrected chi connectivity index (χ3v) is 3.49. The number of rotatable bonds is 2. The molecule has 0 saturated heterocycles. The molecule has 0 atom stereocenters. The van der Waals surface area contributed by atoms with Gasteiger partial charge in [0, 0.05) is 17.2 Å². The minimum Gasteiger partial charge on any atom is -0.282 e. The second-order valence-electron chi connectivity index (χ2n) is 4.70. The Morgan fingerprint density at radius 3 is 2.56 bits per heavy atom. The number of H-pyrrole nitrogens is 1. The summed E-state index contributed by atoms with van der Waals surface area (Å²) < 4.78 is 0. The van der Waals surface area contributed by atoms with E-state index in [0.717, 1.165) is 11.6 Å². The van der Waals surface area contributed by atoms with Gasteiger partial charge in [-0.1, -0.05) is 36.2 Å². The van der Waals surface area contributed by atoms with E-state index in [1.807, 2.05) is 0 Å². The number of aryl methyl sites for hydroxylation is 1. The molecule has 82 valence electrons. The number of hydrogen-bond acceptors (Lipinski definition) is 1. The molecule has 1 aliphatic rings. The maximum Gasteiger partial charge on any atom is 0.0923 e. The number of nitrogens with zero attached hydrogens (tertiary/aromatic N) is 1. The van der Waals surface area contributed by atoms with E-state index in [1.54, 1.807) is 0 Å². The maximum absolute atomic E-state index is 4.39. The quantitative estimate of drug-likeness (QED) is 0.808. The molecule has 2 nitrogen and oxygen atoms in total. The maximum atomic E-state index is 4.39. The molecule has 0 bridgehead atoms. The first-order valence-corrected chi connectivity index (χ1v) is 5.95. The van der Waals surface area contributed by atoms with Gasteiger partial charge in [0.2, 0.25) is 0 Å². The van der Waals surface area contributed by atoms with Gasteiger partial charge in [0.1, 0.15) is 0 Å². The van der Waals surface area contributed by atoms with Crippen LogP contribution in [0, 0.1) is 6.92 Å². The molecule has 2 aromatic rings. The molecule has 0 amide bonds. The average molecular weight is 212 g/mol. The monoisotopic (exact) mass is 212 g/mol. The third kappa shape index (κ3) is 1.64. The zero-order valence-corrected chi connectivity index (χ0v) is 9.53. The van der Waals surface area contributed by atoms with Crippen molar-refractivity contribution in [1.29, 1.82) is 0 Å². The smallest absolute Gasteiger partial charge is 0.0923 e. The van der Waals surface area contributed by atoms with E-state index < -0.39 is 0 Å². The van der Waals surface area contributed by atoms with Crippen LogP contribution in [0.1, 0.15) is 36.4 Å². The van der Waals surface area contributed by atoms with Gasteiger partial charge in [-0.05, 0) is 25.8 Å². The van der Waals surface area contributed by atoms with Crippen LogP contribution in [0.25, 0.3) is 11.3 Å². The highest BCUT2D eigenvalue weighted by Gasteiger charge is 2.21. The van der Waals surface area contributed by atoms with Crippen LogP contribution in [0.2, 0.25) is 0 Å². The molecule has 3 rings (SSSR count). The van der Waals surface area contributed by atoms with Gasteiger partial charge >= 0.3 is 0 Å². The van der Waals surface area contributed by atoms with Crippen molar-refractivity contribution in [2.45, 2.75) is 32.1 Å². The molecule has 1 aromatic heterocycles. The van der Waals surface area contributed by atoms with Gasteiger partial charge in [-0.15, -0.1) is 0 Å². The lowest BCUT2D eigenvalue weighted by Gasteiger charge is -2.23. The fourth-order valence-electron chi connectivity index (χ4n) is 2.14. The second kappa shape index (κ2) is 3.78. The zero-order valence-electron chi connectivity index (χ0n) is 9.53. The van der Waals surface area contributed by atoms with Gasteiger partial charge in [0.25, 0.3) is 0 Å². The highest BCUT2D eigenvalue weighted by atomic mass is 15.1.